The van der Waals surface area contributed by atoms with Crippen LogP contribution in [-0.4, -0.2) is 48.6 Å². The molecule has 19 heavy (non-hydrogen) atoms. The second-order valence-corrected chi connectivity index (χ2v) is 6.03. The van der Waals surface area contributed by atoms with Crippen LogP contribution in [0, 0.1) is 0 Å². The summed E-state index contributed by atoms with van der Waals surface area (Å²) in [7, 11) is 0. The van der Waals surface area contributed by atoms with Crippen molar-refractivity contribution in [2.24, 2.45) is 0 Å². The molecular weight excluding hydrogens is 234 g/mol. The molecule has 1 N–H and O–H groups in total. The lowest BCUT2D eigenvalue weighted by Gasteiger charge is -2.37. The second-order valence-electron chi connectivity index (χ2n) is 6.03. The van der Waals surface area contributed by atoms with Gasteiger partial charge in [0.1, 0.15) is 0 Å². The molecule has 0 saturated carbocycles. The van der Waals surface area contributed by atoms with Crippen molar-refractivity contribution < 1.29 is 0 Å². The third-order valence-corrected chi connectivity index (χ3v) is 4.46. The Morgan fingerprint density at radius 2 is 1.95 bits per heavy atom. The van der Waals surface area contributed by atoms with Gasteiger partial charge in [0.15, 0.2) is 0 Å². The van der Waals surface area contributed by atoms with Gasteiger partial charge in [-0.3, -0.25) is 9.80 Å². The number of nitrogens with zero attached hydrogens (tertiary/aromatic N) is 2. The summed E-state index contributed by atoms with van der Waals surface area (Å²) in [5, 5.41) is 3.55. The predicted octanol–water partition coefficient (Wildman–Crippen LogP) is 2.18. The molecule has 1 fully saturated rings. The van der Waals surface area contributed by atoms with E-state index in [-0.39, 0.29) is 0 Å². The summed E-state index contributed by atoms with van der Waals surface area (Å²) in [6.07, 6.45) is 1.18. The number of nitrogens with one attached hydrogen (secondary N) is 1. The Kier molecular flexibility index (Phi) is 3.76. The first-order chi connectivity index (χ1) is 9.24. The van der Waals surface area contributed by atoms with E-state index in [2.05, 4.69) is 47.2 Å². The molecule has 1 saturated heterocycles. The zero-order valence-electron chi connectivity index (χ0n) is 12.2. The molecule has 0 spiro atoms. The van der Waals surface area contributed by atoms with Gasteiger partial charge in [0, 0.05) is 51.0 Å². The van der Waals surface area contributed by atoms with Gasteiger partial charge in [0.25, 0.3) is 0 Å². The average Bonchev–Trinajstić information content (AvgIpc) is 2.89. The number of hydrogen-bond donors (Lipinski definition) is 1. The number of piperazine rings is 1. The van der Waals surface area contributed by atoms with Gasteiger partial charge in [-0.25, -0.2) is 0 Å². The average molecular weight is 259 g/mol. The zero-order chi connectivity index (χ0) is 13.2. The Morgan fingerprint density at radius 3 is 2.68 bits per heavy atom. The van der Waals surface area contributed by atoms with E-state index in [1.54, 1.807) is 0 Å². The van der Waals surface area contributed by atoms with Gasteiger partial charge in [-0.1, -0.05) is 18.2 Å². The van der Waals surface area contributed by atoms with Crippen LogP contribution in [0.5, 0.6) is 0 Å². The van der Waals surface area contributed by atoms with Crippen LogP contribution in [0.4, 0.5) is 5.69 Å². The van der Waals surface area contributed by atoms with E-state index >= 15 is 0 Å². The molecule has 2 aliphatic rings. The first-order valence-electron chi connectivity index (χ1n) is 7.55. The third kappa shape index (κ3) is 2.77. The SMILES string of the molecule is CC(C)N1CCN(Cc2cccc3c2NCC3)CC1. The number of fused-ring (bicyclic) bond motifs is 1. The molecule has 0 aliphatic carbocycles. The summed E-state index contributed by atoms with van der Waals surface area (Å²) < 4.78 is 0. The first kappa shape index (κ1) is 12.9. The Morgan fingerprint density at radius 1 is 1.16 bits per heavy atom. The number of hydrogen-bond acceptors (Lipinski definition) is 3. The Balaban J connectivity index is 1.63. The van der Waals surface area contributed by atoms with Crippen molar-refractivity contribution in [1.29, 1.82) is 0 Å². The molecule has 3 nitrogen and oxygen atoms in total. The van der Waals surface area contributed by atoms with Gasteiger partial charge in [-0.2, -0.15) is 0 Å². The van der Waals surface area contributed by atoms with Crippen molar-refractivity contribution in [2.75, 3.05) is 38.0 Å². The van der Waals surface area contributed by atoms with Crippen molar-refractivity contribution in [3.63, 3.8) is 0 Å². The summed E-state index contributed by atoms with van der Waals surface area (Å²) >= 11 is 0. The van der Waals surface area contributed by atoms with Crippen molar-refractivity contribution in [3.05, 3.63) is 29.3 Å². The van der Waals surface area contributed by atoms with Gasteiger partial charge >= 0.3 is 0 Å². The maximum Gasteiger partial charge on any atom is 0.0419 e. The van der Waals surface area contributed by atoms with E-state index in [1.807, 2.05) is 0 Å². The van der Waals surface area contributed by atoms with Crippen LogP contribution in [-0.2, 0) is 13.0 Å². The molecule has 1 aromatic carbocycles. The number of anilines is 1. The lowest BCUT2D eigenvalue weighted by Crippen LogP contribution is -2.48. The molecule has 0 radical (unpaired) electrons. The van der Waals surface area contributed by atoms with Crippen LogP contribution in [0.15, 0.2) is 18.2 Å². The molecule has 104 valence electrons. The minimum absolute atomic E-state index is 0.685. The molecule has 0 aromatic heterocycles. The highest BCUT2D eigenvalue weighted by atomic mass is 15.3. The van der Waals surface area contributed by atoms with Gasteiger partial charge in [0.05, 0.1) is 0 Å². The Labute approximate surface area is 116 Å². The van der Waals surface area contributed by atoms with Crippen molar-refractivity contribution >= 4 is 5.69 Å². The highest BCUT2D eigenvalue weighted by molar-refractivity contribution is 5.61. The standard InChI is InChI=1S/C16H25N3/c1-13(2)19-10-8-18(9-11-19)12-15-5-3-4-14-6-7-17-16(14)15/h3-5,13,17H,6-12H2,1-2H3. The second kappa shape index (κ2) is 5.51. The lowest BCUT2D eigenvalue weighted by atomic mass is 10.1. The first-order valence-corrected chi connectivity index (χ1v) is 7.55. The summed E-state index contributed by atoms with van der Waals surface area (Å²) in [6.45, 7) is 11.6. The lowest BCUT2D eigenvalue weighted by molar-refractivity contribution is 0.104. The molecule has 2 heterocycles. The van der Waals surface area contributed by atoms with Crippen LogP contribution in [0.25, 0.3) is 0 Å². The minimum atomic E-state index is 0.685. The van der Waals surface area contributed by atoms with Crippen LogP contribution in [0.2, 0.25) is 0 Å². The van der Waals surface area contributed by atoms with Gasteiger partial charge < -0.3 is 5.32 Å². The summed E-state index contributed by atoms with van der Waals surface area (Å²) in [4.78, 5) is 5.17. The van der Waals surface area contributed by atoms with E-state index in [0.29, 0.717) is 6.04 Å². The van der Waals surface area contributed by atoms with E-state index in [0.717, 1.165) is 13.1 Å². The highest BCUT2D eigenvalue weighted by Crippen LogP contribution is 2.27. The van der Waals surface area contributed by atoms with Crippen LogP contribution < -0.4 is 5.32 Å². The fourth-order valence-electron chi connectivity index (χ4n) is 3.22. The Bertz CT molecular complexity index is 434. The number of rotatable bonds is 3. The smallest absolute Gasteiger partial charge is 0.0419 e. The normalized spacial score (nSPS) is 20.6. The summed E-state index contributed by atoms with van der Waals surface area (Å²) in [5.74, 6) is 0. The third-order valence-electron chi connectivity index (χ3n) is 4.46. The highest BCUT2D eigenvalue weighted by Gasteiger charge is 2.20. The van der Waals surface area contributed by atoms with Crippen molar-refractivity contribution in [1.82, 2.24) is 9.80 Å². The largest absolute Gasteiger partial charge is 0.384 e. The zero-order valence-corrected chi connectivity index (χ0v) is 12.2. The topological polar surface area (TPSA) is 18.5 Å². The molecule has 3 heteroatoms. The van der Waals surface area contributed by atoms with E-state index < -0.39 is 0 Å². The van der Waals surface area contributed by atoms with E-state index in [1.165, 1.54) is 49.4 Å². The van der Waals surface area contributed by atoms with E-state index in [4.69, 9.17) is 0 Å². The summed E-state index contributed by atoms with van der Waals surface area (Å²) in [5.41, 5.74) is 4.39. The molecular formula is C16H25N3. The molecule has 3 rings (SSSR count). The predicted molar refractivity (Wildman–Crippen MR) is 80.6 cm³/mol. The molecule has 0 unspecified atom stereocenters. The molecule has 2 aliphatic heterocycles. The number of para-hydroxylation sites is 1. The number of benzene rings is 1. The monoisotopic (exact) mass is 259 g/mol. The Hall–Kier alpha value is -1.06. The minimum Gasteiger partial charge on any atom is -0.384 e. The van der Waals surface area contributed by atoms with Gasteiger partial charge in [-0.15, -0.1) is 0 Å². The molecule has 1 aromatic rings. The van der Waals surface area contributed by atoms with Crippen LogP contribution in [0.3, 0.4) is 0 Å². The maximum atomic E-state index is 3.55. The maximum absolute atomic E-state index is 3.55. The fraction of sp³-hybridized carbons (Fsp3) is 0.625. The summed E-state index contributed by atoms with van der Waals surface area (Å²) in [6, 6.07) is 7.44. The quantitative estimate of drug-likeness (QED) is 0.897. The van der Waals surface area contributed by atoms with Gasteiger partial charge in [0.2, 0.25) is 0 Å². The van der Waals surface area contributed by atoms with Gasteiger partial charge in [-0.05, 0) is 31.4 Å². The molecule has 0 atom stereocenters. The van der Waals surface area contributed by atoms with Crippen molar-refractivity contribution in [2.45, 2.75) is 32.9 Å². The fourth-order valence-corrected chi connectivity index (χ4v) is 3.22. The van der Waals surface area contributed by atoms with Crippen LogP contribution in [0.1, 0.15) is 25.0 Å². The molecule has 0 amide bonds. The van der Waals surface area contributed by atoms with Crippen molar-refractivity contribution in [3.8, 4) is 0 Å². The van der Waals surface area contributed by atoms with Crippen LogP contribution >= 0.6 is 0 Å². The molecule has 0 bridgehead atoms. The van der Waals surface area contributed by atoms with E-state index in [9.17, 15) is 0 Å².